The Morgan fingerprint density at radius 2 is 2.12 bits per heavy atom. The van der Waals surface area contributed by atoms with Crippen LogP contribution in [-0.2, 0) is 16.0 Å². The van der Waals surface area contributed by atoms with Crippen LogP contribution in [0.2, 0.25) is 0 Å². The summed E-state index contributed by atoms with van der Waals surface area (Å²) in [5.74, 6) is -0.876. The maximum Gasteiger partial charge on any atom is 0.235 e. The van der Waals surface area contributed by atoms with Crippen LogP contribution in [0.25, 0.3) is 0 Å². The standard InChI is InChI=1S/C13H13NO2/c1-2-5-9-6-3-4-7-10(9)12-11(15)8-14-13(12)16/h2-4,6-7,12H,1,5,8H2,(H,14,16). The summed E-state index contributed by atoms with van der Waals surface area (Å²) in [6.45, 7) is 3.82. The number of rotatable bonds is 3. The van der Waals surface area contributed by atoms with Crippen molar-refractivity contribution < 1.29 is 9.59 Å². The number of ketones is 1. The van der Waals surface area contributed by atoms with E-state index in [9.17, 15) is 9.59 Å². The Hall–Kier alpha value is -1.90. The van der Waals surface area contributed by atoms with E-state index >= 15 is 0 Å². The largest absolute Gasteiger partial charge is 0.348 e. The number of hydrogen-bond acceptors (Lipinski definition) is 2. The highest BCUT2D eigenvalue weighted by atomic mass is 16.2. The van der Waals surface area contributed by atoms with E-state index < -0.39 is 5.92 Å². The van der Waals surface area contributed by atoms with Crippen LogP contribution in [0.15, 0.2) is 36.9 Å². The Kier molecular flexibility index (Phi) is 2.86. The van der Waals surface area contributed by atoms with Gasteiger partial charge in [-0.25, -0.2) is 0 Å². The van der Waals surface area contributed by atoms with Gasteiger partial charge in [0, 0.05) is 0 Å². The quantitative estimate of drug-likeness (QED) is 0.608. The van der Waals surface area contributed by atoms with Crippen LogP contribution in [0.1, 0.15) is 17.0 Å². The summed E-state index contributed by atoms with van der Waals surface area (Å²) < 4.78 is 0. The molecule has 0 aromatic heterocycles. The van der Waals surface area contributed by atoms with E-state index in [0.717, 1.165) is 11.1 Å². The third kappa shape index (κ3) is 1.76. The molecule has 82 valence electrons. The van der Waals surface area contributed by atoms with Crippen LogP contribution < -0.4 is 5.32 Å². The molecule has 2 rings (SSSR count). The smallest absolute Gasteiger partial charge is 0.235 e. The Labute approximate surface area is 94.2 Å². The monoisotopic (exact) mass is 215 g/mol. The molecular weight excluding hydrogens is 202 g/mol. The number of benzene rings is 1. The number of carbonyl (C=O) groups excluding carboxylic acids is 2. The second-order valence-electron chi connectivity index (χ2n) is 3.81. The third-order valence-electron chi connectivity index (χ3n) is 2.75. The molecule has 1 saturated heterocycles. The molecule has 0 radical (unpaired) electrons. The van der Waals surface area contributed by atoms with Crippen molar-refractivity contribution in [3.8, 4) is 0 Å². The predicted octanol–water partition coefficient (Wildman–Crippen LogP) is 1.20. The lowest BCUT2D eigenvalue weighted by atomic mass is 9.91. The van der Waals surface area contributed by atoms with Crippen molar-refractivity contribution in [1.82, 2.24) is 5.32 Å². The number of carbonyl (C=O) groups is 2. The van der Waals surface area contributed by atoms with Gasteiger partial charge in [0.15, 0.2) is 5.78 Å². The van der Waals surface area contributed by atoms with E-state index in [1.165, 1.54) is 0 Å². The highest BCUT2D eigenvalue weighted by Crippen LogP contribution is 2.24. The molecule has 3 heteroatoms. The number of amides is 1. The van der Waals surface area contributed by atoms with Crippen molar-refractivity contribution in [2.24, 2.45) is 0 Å². The Bertz CT molecular complexity index is 435. The van der Waals surface area contributed by atoms with Crippen LogP contribution in [0.3, 0.4) is 0 Å². The minimum atomic E-state index is -0.629. The molecule has 1 aromatic carbocycles. The minimum absolute atomic E-state index is 0.0542. The summed E-state index contributed by atoms with van der Waals surface area (Å²) in [7, 11) is 0. The SMILES string of the molecule is C=CCc1ccccc1C1C(=O)CNC1=O. The van der Waals surface area contributed by atoms with Crippen molar-refractivity contribution >= 4 is 11.7 Å². The summed E-state index contributed by atoms with van der Waals surface area (Å²) in [4.78, 5) is 23.2. The van der Waals surface area contributed by atoms with Gasteiger partial charge in [-0.1, -0.05) is 30.3 Å². The molecule has 16 heavy (non-hydrogen) atoms. The molecule has 1 heterocycles. The Morgan fingerprint density at radius 1 is 1.38 bits per heavy atom. The first-order valence-corrected chi connectivity index (χ1v) is 5.23. The van der Waals surface area contributed by atoms with Gasteiger partial charge in [0.1, 0.15) is 5.92 Å². The number of hydrogen-bond donors (Lipinski definition) is 1. The first kappa shape index (κ1) is 10.6. The predicted molar refractivity (Wildman–Crippen MR) is 61.1 cm³/mol. The van der Waals surface area contributed by atoms with Crippen LogP contribution in [0.5, 0.6) is 0 Å². The second-order valence-corrected chi connectivity index (χ2v) is 3.81. The molecule has 1 N–H and O–H groups in total. The van der Waals surface area contributed by atoms with E-state index in [1.54, 1.807) is 6.08 Å². The van der Waals surface area contributed by atoms with E-state index in [1.807, 2.05) is 24.3 Å². The summed E-state index contributed by atoms with van der Waals surface area (Å²) in [6.07, 6.45) is 2.45. The molecule has 1 atom stereocenters. The molecule has 0 spiro atoms. The Balaban J connectivity index is 2.42. The summed E-state index contributed by atoms with van der Waals surface area (Å²) in [5.41, 5.74) is 1.80. The second kappa shape index (κ2) is 4.31. The highest BCUT2D eigenvalue weighted by molar-refractivity contribution is 6.13. The average Bonchev–Trinajstić information content (AvgIpc) is 2.60. The van der Waals surface area contributed by atoms with Gasteiger partial charge in [0.05, 0.1) is 6.54 Å². The number of Topliss-reactive ketones (excluding diaryl/α,β-unsaturated/α-hetero) is 1. The van der Waals surface area contributed by atoms with E-state index in [-0.39, 0.29) is 18.2 Å². The maximum atomic E-state index is 11.6. The molecule has 1 aromatic rings. The van der Waals surface area contributed by atoms with Crippen LogP contribution in [0.4, 0.5) is 0 Å². The molecule has 0 aliphatic carbocycles. The van der Waals surface area contributed by atoms with Gasteiger partial charge in [-0.15, -0.1) is 6.58 Å². The van der Waals surface area contributed by atoms with E-state index in [4.69, 9.17) is 0 Å². The van der Waals surface area contributed by atoms with Crippen LogP contribution in [-0.4, -0.2) is 18.2 Å². The molecule has 0 saturated carbocycles. The fraction of sp³-hybridized carbons (Fsp3) is 0.231. The first-order valence-electron chi connectivity index (χ1n) is 5.23. The molecule has 1 amide bonds. The molecule has 1 aliphatic heterocycles. The zero-order valence-corrected chi connectivity index (χ0v) is 8.90. The molecule has 1 fully saturated rings. The third-order valence-corrected chi connectivity index (χ3v) is 2.75. The van der Waals surface area contributed by atoms with Gasteiger partial charge in [-0.05, 0) is 17.5 Å². The molecule has 1 unspecified atom stereocenters. The van der Waals surface area contributed by atoms with Crippen molar-refractivity contribution in [1.29, 1.82) is 0 Å². The molecule has 1 aliphatic rings. The zero-order chi connectivity index (χ0) is 11.5. The topological polar surface area (TPSA) is 46.2 Å². The lowest BCUT2D eigenvalue weighted by Crippen LogP contribution is -2.19. The Morgan fingerprint density at radius 3 is 2.75 bits per heavy atom. The van der Waals surface area contributed by atoms with Gasteiger partial charge in [-0.3, -0.25) is 9.59 Å². The van der Waals surface area contributed by atoms with Crippen molar-refractivity contribution in [2.75, 3.05) is 6.54 Å². The van der Waals surface area contributed by atoms with Gasteiger partial charge < -0.3 is 5.32 Å². The van der Waals surface area contributed by atoms with Crippen LogP contribution in [0, 0.1) is 0 Å². The normalized spacial score (nSPS) is 19.6. The fourth-order valence-electron chi connectivity index (χ4n) is 2.00. The first-order chi connectivity index (χ1) is 7.74. The zero-order valence-electron chi connectivity index (χ0n) is 8.90. The van der Waals surface area contributed by atoms with E-state index in [0.29, 0.717) is 6.42 Å². The number of nitrogens with one attached hydrogen (secondary N) is 1. The summed E-state index contributed by atoms with van der Waals surface area (Å²) in [5, 5.41) is 2.57. The van der Waals surface area contributed by atoms with Gasteiger partial charge in [0.25, 0.3) is 0 Å². The summed E-state index contributed by atoms with van der Waals surface area (Å²) >= 11 is 0. The number of allylic oxidation sites excluding steroid dienone is 1. The lowest BCUT2D eigenvalue weighted by molar-refractivity contribution is -0.124. The minimum Gasteiger partial charge on any atom is -0.348 e. The molecule has 0 bridgehead atoms. The summed E-state index contributed by atoms with van der Waals surface area (Å²) in [6, 6.07) is 7.52. The average molecular weight is 215 g/mol. The maximum absolute atomic E-state index is 11.6. The van der Waals surface area contributed by atoms with Gasteiger partial charge in [0.2, 0.25) is 5.91 Å². The van der Waals surface area contributed by atoms with Crippen molar-refractivity contribution in [3.05, 3.63) is 48.0 Å². The molecule has 3 nitrogen and oxygen atoms in total. The lowest BCUT2D eigenvalue weighted by Gasteiger charge is -2.11. The fourth-order valence-corrected chi connectivity index (χ4v) is 2.00. The van der Waals surface area contributed by atoms with Crippen LogP contribution >= 0.6 is 0 Å². The molecular formula is C13H13NO2. The van der Waals surface area contributed by atoms with Gasteiger partial charge in [-0.2, -0.15) is 0 Å². The van der Waals surface area contributed by atoms with E-state index in [2.05, 4.69) is 11.9 Å². The highest BCUT2D eigenvalue weighted by Gasteiger charge is 2.35. The van der Waals surface area contributed by atoms with Gasteiger partial charge >= 0.3 is 0 Å². The van der Waals surface area contributed by atoms with Crippen molar-refractivity contribution in [2.45, 2.75) is 12.3 Å². The van der Waals surface area contributed by atoms with Crippen molar-refractivity contribution in [3.63, 3.8) is 0 Å².